The van der Waals surface area contributed by atoms with Crippen molar-refractivity contribution < 1.29 is 9.84 Å². The van der Waals surface area contributed by atoms with Crippen LogP contribution in [0.3, 0.4) is 0 Å². The molecular formula is C19H27NO2S. The van der Waals surface area contributed by atoms with Crippen molar-refractivity contribution in [3.63, 3.8) is 0 Å². The fourth-order valence-electron chi connectivity index (χ4n) is 2.60. The average Bonchev–Trinajstić information content (AvgIpc) is 2.83. The van der Waals surface area contributed by atoms with Gasteiger partial charge in [0.05, 0.1) is 12.2 Å². The summed E-state index contributed by atoms with van der Waals surface area (Å²) in [6.07, 6.45) is -0.168. The topological polar surface area (TPSA) is 32.7 Å². The molecular weight excluding hydrogens is 306 g/mol. The third kappa shape index (κ3) is 6.34. The minimum absolute atomic E-state index is 0.174. The van der Waals surface area contributed by atoms with Gasteiger partial charge in [-0.3, -0.25) is 4.90 Å². The second-order valence-corrected chi connectivity index (χ2v) is 7.72. The highest BCUT2D eigenvalue weighted by Crippen LogP contribution is 2.20. The molecule has 0 aliphatic rings. The quantitative estimate of drug-likeness (QED) is 0.785. The van der Waals surface area contributed by atoms with E-state index in [0.717, 1.165) is 18.8 Å². The van der Waals surface area contributed by atoms with Gasteiger partial charge in [-0.1, -0.05) is 12.1 Å². The van der Waals surface area contributed by atoms with Crippen molar-refractivity contribution in [1.29, 1.82) is 0 Å². The minimum atomic E-state index is -0.342. The molecule has 0 spiro atoms. The van der Waals surface area contributed by atoms with Crippen molar-refractivity contribution in [1.82, 2.24) is 4.90 Å². The van der Waals surface area contributed by atoms with Crippen LogP contribution in [0.2, 0.25) is 0 Å². The number of ether oxygens (including phenoxy) is 1. The first-order chi connectivity index (χ1) is 10.9. The molecule has 0 radical (unpaired) electrons. The maximum atomic E-state index is 9.79. The number of hydrogen-bond acceptors (Lipinski definition) is 4. The van der Waals surface area contributed by atoms with Gasteiger partial charge in [0.15, 0.2) is 0 Å². The summed E-state index contributed by atoms with van der Waals surface area (Å²) in [7, 11) is 0. The van der Waals surface area contributed by atoms with E-state index in [4.69, 9.17) is 4.74 Å². The fourth-order valence-corrected chi connectivity index (χ4v) is 3.53. The standard InChI is InChI=1S/C19H27NO2S/c1-14(2)22-18-7-5-6-17(10-18)12-20(11-15(3)21)13-19-9-8-16(4)23-19/h5-10,14-15,21H,11-13H2,1-4H3/t15-/m1/s1. The SMILES string of the molecule is Cc1ccc(CN(Cc2cccc(OC(C)C)c2)C[C@@H](C)O)s1. The third-order valence-corrected chi connectivity index (χ3v) is 4.36. The molecule has 0 saturated heterocycles. The Morgan fingerprint density at radius 3 is 2.52 bits per heavy atom. The number of thiophene rings is 1. The second kappa shape index (κ2) is 8.48. The van der Waals surface area contributed by atoms with Gasteiger partial charge in [-0.2, -0.15) is 0 Å². The van der Waals surface area contributed by atoms with Crippen LogP contribution in [0.1, 0.15) is 36.1 Å². The van der Waals surface area contributed by atoms with Crippen LogP contribution < -0.4 is 4.74 Å². The maximum absolute atomic E-state index is 9.79. The van der Waals surface area contributed by atoms with E-state index in [2.05, 4.69) is 36.1 Å². The Kier molecular flexibility index (Phi) is 6.63. The van der Waals surface area contributed by atoms with Gasteiger partial charge in [0, 0.05) is 29.4 Å². The molecule has 126 valence electrons. The number of aryl methyl sites for hydroxylation is 1. The lowest BCUT2D eigenvalue weighted by molar-refractivity contribution is 0.118. The molecule has 23 heavy (non-hydrogen) atoms. The summed E-state index contributed by atoms with van der Waals surface area (Å²) < 4.78 is 5.77. The van der Waals surface area contributed by atoms with Gasteiger partial charge in [-0.15, -0.1) is 11.3 Å². The molecule has 0 saturated carbocycles. The minimum Gasteiger partial charge on any atom is -0.491 e. The zero-order chi connectivity index (χ0) is 16.8. The van der Waals surface area contributed by atoms with E-state index in [9.17, 15) is 5.11 Å². The summed E-state index contributed by atoms with van der Waals surface area (Å²) in [5.41, 5.74) is 1.21. The summed E-state index contributed by atoms with van der Waals surface area (Å²) in [4.78, 5) is 4.94. The van der Waals surface area contributed by atoms with Crippen LogP contribution in [0.25, 0.3) is 0 Å². The molecule has 4 heteroatoms. The largest absolute Gasteiger partial charge is 0.491 e. The van der Waals surface area contributed by atoms with Gasteiger partial charge in [-0.05, 0) is 57.5 Å². The van der Waals surface area contributed by atoms with Crippen molar-refractivity contribution >= 4 is 11.3 Å². The van der Waals surface area contributed by atoms with Gasteiger partial charge in [-0.25, -0.2) is 0 Å². The molecule has 0 amide bonds. The molecule has 1 atom stereocenters. The molecule has 0 fully saturated rings. The monoisotopic (exact) mass is 333 g/mol. The zero-order valence-corrected chi connectivity index (χ0v) is 15.3. The Balaban J connectivity index is 2.07. The summed E-state index contributed by atoms with van der Waals surface area (Å²) >= 11 is 1.82. The second-order valence-electron chi connectivity index (χ2n) is 6.35. The first kappa shape index (κ1) is 18.0. The number of rotatable bonds is 8. The molecule has 1 heterocycles. The van der Waals surface area contributed by atoms with E-state index >= 15 is 0 Å². The van der Waals surface area contributed by atoms with Crippen LogP contribution in [0, 0.1) is 6.92 Å². The summed E-state index contributed by atoms with van der Waals surface area (Å²) in [5, 5.41) is 9.79. The Morgan fingerprint density at radius 1 is 1.13 bits per heavy atom. The smallest absolute Gasteiger partial charge is 0.120 e. The van der Waals surface area contributed by atoms with Crippen molar-refractivity contribution in [2.75, 3.05) is 6.54 Å². The molecule has 1 aromatic heterocycles. The van der Waals surface area contributed by atoms with Crippen LogP contribution >= 0.6 is 11.3 Å². The predicted molar refractivity (Wildman–Crippen MR) is 97.1 cm³/mol. The number of aliphatic hydroxyl groups excluding tert-OH is 1. The maximum Gasteiger partial charge on any atom is 0.120 e. The van der Waals surface area contributed by atoms with E-state index in [1.165, 1.54) is 15.3 Å². The molecule has 0 aliphatic heterocycles. The zero-order valence-electron chi connectivity index (χ0n) is 14.5. The molecule has 0 unspecified atom stereocenters. The van der Waals surface area contributed by atoms with Crippen molar-refractivity contribution in [3.05, 3.63) is 51.7 Å². The number of benzene rings is 1. The number of hydrogen-bond donors (Lipinski definition) is 1. The first-order valence-corrected chi connectivity index (χ1v) is 8.95. The lowest BCUT2D eigenvalue weighted by Gasteiger charge is -2.23. The van der Waals surface area contributed by atoms with Crippen molar-refractivity contribution in [3.8, 4) is 5.75 Å². The van der Waals surface area contributed by atoms with Crippen LogP contribution in [-0.4, -0.2) is 28.8 Å². The Morgan fingerprint density at radius 2 is 1.91 bits per heavy atom. The number of aliphatic hydroxyl groups is 1. The Bertz CT molecular complexity index is 607. The van der Waals surface area contributed by atoms with Gasteiger partial charge in [0.25, 0.3) is 0 Å². The van der Waals surface area contributed by atoms with E-state index in [1.807, 2.05) is 44.2 Å². The summed E-state index contributed by atoms with van der Waals surface area (Å²) in [6, 6.07) is 12.6. The highest BCUT2D eigenvalue weighted by Gasteiger charge is 2.12. The molecule has 1 N–H and O–H groups in total. The highest BCUT2D eigenvalue weighted by molar-refractivity contribution is 7.11. The van der Waals surface area contributed by atoms with Crippen LogP contribution in [0.5, 0.6) is 5.75 Å². The van der Waals surface area contributed by atoms with Crippen LogP contribution in [-0.2, 0) is 13.1 Å². The van der Waals surface area contributed by atoms with Crippen LogP contribution in [0.15, 0.2) is 36.4 Å². The predicted octanol–water partition coefficient (Wildman–Crippen LogP) is 4.23. The summed E-state index contributed by atoms with van der Waals surface area (Å²) in [5.74, 6) is 0.904. The highest BCUT2D eigenvalue weighted by atomic mass is 32.1. The van der Waals surface area contributed by atoms with E-state index in [0.29, 0.717) is 6.54 Å². The third-order valence-electron chi connectivity index (χ3n) is 3.37. The van der Waals surface area contributed by atoms with Crippen molar-refractivity contribution in [2.24, 2.45) is 0 Å². The molecule has 0 bridgehead atoms. The fraction of sp³-hybridized carbons (Fsp3) is 0.474. The van der Waals surface area contributed by atoms with Crippen LogP contribution in [0.4, 0.5) is 0 Å². The van der Waals surface area contributed by atoms with E-state index in [1.54, 1.807) is 0 Å². The molecule has 0 aliphatic carbocycles. The molecule has 3 nitrogen and oxygen atoms in total. The van der Waals surface area contributed by atoms with Gasteiger partial charge >= 0.3 is 0 Å². The van der Waals surface area contributed by atoms with E-state index < -0.39 is 0 Å². The molecule has 2 rings (SSSR count). The van der Waals surface area contributed by atoms with Gasteiger partial charge < -0.3 is 9.84 Å². The Labute approximate surface area is 143 Å². The van der Waals surface area contributed by atoms with Crippen molar-refractivity contribution in [2.45, 2.75) is 53.0 Å². The van der Waals surface area contributed by atoms with Gasteiger partial charge in [0.2, 0.25) is 0 Å². The normalized spacial score (nSPS) is 12.8. The first-order valence-electron chi connectivity index (χ1n) is 8.13. The molecule has 1 aromatic carbocycles. The molecule has 2 aromatic rings. The summed E-state index contributed by atoms with van der Waals surface area (Å²) in [6.45, 7) is 10.4. The Hall–Kier alpha value is -1.36. The average molecular weight is 333 g/mol. The lowest BCUT2D eigenvalue weighted by Crippen LogP contribution is -2.30. The van der Waals surface area contributed by atoms with E-state index in [-0.39, 0.29) is 12.2 Å². The number of nitrogens with zero attached hydrogens (tertiary/aromatic N) is 1. The lowest BCUT2D eigenvalue weighted by atomic mass is 10.2. The van der Waals surface area contributed by atoms with Gasteiger partial charge in [0.1, 0.15) is 5.75 Å².